The van der Waals surface area contributed by atoms with Crippen molar-refractivity contribution in [2.45, 2.75) is 53.0 Å². The molecule has 1 heterocycles. The minimum absolute atomic E-state index is 0.0508. The summed E-state index contributed by atoms with van der Waals surface area (Å²) in [7, 11) is 0. The van der Waals surface area contributed by atoms with E-state index in [4.69, 9.17) is 16.3 Å². The van der Waals surface area contributed by atoms with E-state index in [1.165, 1.54) is 6.42 Å². The molecule has 0 radical (unpaired) electrons. The molecule has 2 bridgehead atoms. The maximum atomic E-state index is 12.8. The molecule has 3 nitrogen and oxygen atoms in total. The first-order valence-corrected chi connectivity index (χ1v) is 9.64. The van der Waals surface area contributed by atoms with Crippen LogP contribution in [0.25, 0.3) is 0 Å². The van der Waals surface area contributed by atoms with Gasteiger partial charge in [0.05, 0.1) is 5.02 Å². The van der Waals surface area contributed by atoms with Crippen LogP contribution in [0.1, 0.15) is 45.6 Å². The Hall–Kier alpha value is -0.740. The predicted molar refractivity (Wildman–Crippen MR) is 101 cm³/mol. The van der Waals surface area contributed by atoms with Gasteiger partial charge in [0.2, 0.25) is 0 Å². The number of fused-ring (bicyclic) bond motifs is 2. The van der Waals surface area contributed by atoms with E-state index in [9.17, 15) is 4.79 Å². The van der Waals surface area contributed by atoms with Gasteiger partial charge in [0.15, 0.2) is 6.61 Å². The molecular formula is C19H25BrClNO2. The predicted octanol–water partition coefficient (Wildman–Crippen LogP) is 5.22. The highest BCUT2D eigenvalue weighted by Crippen LogP contribution is 2.52. The second-order valence-electron chi connectivity index (χ2n) is 8.56. The molecule has 1 amide bonds. The number of aryl methyl sites for hydroxylation is 1. The zero-order valence-electron chi connectivity index (χ0n) is 14.8. The molecule has 1 saturated heterocycles. The Morgan fingerprint density at radius 1 is 1.38 bits per heavy atom. The van der Waals surface area contributed by atoms with E-state index < -0.39 is 0 Å². The summed E-state index contributed by atoms with van der Waals surface area (Å²) in [6.45, 7) is 9.76. The topological polar surface area (TPSA) is 29.5 Å². The molecule has 2 fully saturated rings. The highest BCUT2D eigenvalue weighted by molar-refractivity contribution is 9.10. The maximum Gasteiger partial charge on any atom is 0.260 e. The van der Waals surface area contributed by atoms with Crippen LogP contribution in [0.5, 0.6) is 5.75 Å². The van der Waals surface area contributed by atoms with E-state index in [2.05, 4.69) is 36.7 Å². The largest absolute Gasteiger partial charge is 0.482 e. The zero-order chi connectivity index (χ0) is 17.7. The van der Waals surface area contributed by atoms with Gasteiger partial charge in [0, 0.05) is 17.1 Å². The Morgan fingerprint density at radius 2 is 2.08 bits per heavy atom. The highest BCUT2D eigenvalue weighted by atomic mass is 79.9. The van der Waals surface area contributed by atoms with E-state index in [1.807, 2.05) is 17.9 Å². The molecule has 24 heavy (non-hydrogen) atoms. The fourth-order valence-corrected chi connectivity index (χ4v) is 5.87. The van der Waals surface area contributed by atoms with Crippen LogP contribution >= 0.6 is 27.5 Å². The van der Waals surface area contributed by atoms with Gasteiger partial charge in [0.1, 0.15) is 5.75 Å². The third-order valence-corrected chi connectivity index (χ3v) is 6.01. The number of likely N-dealkylation sites (tertiary alicyclic amines) is 1. The Bertz CT molecular complexity index is 652. The van der Waals surface area contributed by atoms with Gasteiger partial charge < -0.3 is 9.64 Å². The van der Waals surface area contributed by atoms with Gasteiger partial charge in [-0.2, -0.15) is 0 Å². The van der Waals surface area contributed by atoms with Crippen molar-refractivity contribution < 1.29 is 9.53 Å². The first-order chi connectivity index (χ1) is 11.1. The number of ether oxygens (including phenoxy) is 1. The lowest BCUT2D eigenvalue weighted by atomic mass is 9.65. The first-order valence-electron chi connectivity index (χ1n) is 8.47. The van der Waals surface area contributed by atoms with Crippen LogP contribution in [0.4, 0.5) is 0 Å². The van der Waals surface area contributed by atoms with Crippen LogP contribution in [-0.2, 0) is 4.79 Å². The SMILES string of the molecule is Cc1cc(Br)cc(Cl)c1OCC(=O)N1C[C@]2(C)C[C@H]1CC(C)(C)C2. The van der Waals surface area contributed by atoms with Gasteiger partial charge in [-0.25, -0.2) is 0 Å². The average molecular weight is 415 g/mol. The minimum Gasteiger partial charge on any atom is -0.482 e. The number of hydrogen-bond acceptors (Lipinski definition) is 2. The van der Waals surface area contributed by atoms with Crippen LogP contribution in [-0.4, -0.2) is 30.0 Å². The van der Waals surface area contributed by atoms with E-state index in [0.717, 1.165) is 29.4 Å². The summed E-state index contributed by atoms with van der Waals surface area (Å²) >= 11 is 9.66. The molecule has 0 aromatic heterocycles. The summed E-state index contributed by atoms with van der Waals surface area (Å²) in [6.07, 6.45) is 3.37. The van der Waals surface area contributed by atoms with Gasteiger partial charge in [-0.15, -0.1) is 0 Å². The Kier molecular flexibility index (Phi) is 4.67. The van der Waals surface area contributed by atoms with Crippen LogP contribution in [0.3, 0.4) is 0 Å². The fourth-order valence-electron chi connectivity index (χ4n) is 4.84. The number of nitrogens with zero attached hydrogens (tertiary/aromatic N) is 1. The molecule has 2 aliphatic rings. The third-order valence-electron chi connectivity index (χ3n) is 5.27. The molecule has 3 rings (SSSR count). The second-order valence-corrected chi connectivity index (χ2v) is 9.88. The summed E-state index contributed by atoms with van der Waals surface area (Å²) in [5, 5.41) is 0.530. The molecule has 1 aromatic rings. The average Bonchev–Trinajstić information content (AvgIpc) is 2.66. The minimum atomic E-state index is 0.0508. The van der Waals surface area contributed by atoms with E-state index >= 15 is 0 Å². The summed E-state index contributed by atoms with van der Waals surface area (Å²) in [4.78, 5) is 14.8. The summed E-state index contributed by atoms with van der Waals surface area (Å²) in [5.74, 6) is 0.668. The van der Waals surface area contributed by atoms with Gasteiger partial charge in [-0.1, -0.05) is 48.3 Å². The molecule has 2 atom stereocenters. The van der Waals surface area contributed by atoms with Crippen LogP contribution in [0.2, 0.25) is 5.02 Å². The molecule has 1 aliphatic heterocycles. The summed E-state index contributed by atoms with van der Waals surface area (Å²) < 4.78 is 6.70. The van der Waals surface area contributed by atoms with Crippen molar-refractivity contribution in [1.82, 2.24) is 4.90 Å². The number of hydrogen-bond donors (Lipinski definition) is 0. The van der Waals surface area contributed by atoms with Crippen molar-refractivity contribution in [2.24, 2.45) is 10.8 Å². The monoisotopic (exact) mass is 413 g/mol. The molecule has 1 aromatic carbocycles. The van der Waals surface area contributed by atoms with Crippen LogP contribution in [0.15, 0.2) is 16.6 Å². The smallest absolute Gasteiger partial charge is 0.260 e. The third kappa shape index (κ3) is 3.60. The fraction of sp³-hybridized carbons (Fsp3) is 0.632. The standard InChI is InChI=1S/C19H25BrClNO2/c1-12-5-13(20)6-15(21)17(12)24-9-16(23)22-11-19(4)8-14(22)7-18(2,3)10-19/h5-6,14H,7-11H2,1-4H3/t14-,19-/m1/s1. The number of benzene rings is 1. The Morgan fingerprint density at radius 3 is 2.75 bits per heavy atom. The molecular weight excluding hydrogens is 390 g/mol. The van der Waals surface area contributed by atoms with Gasteiger partial charge in [-0.3, -0.25) is 4.79 Å². The lowest BCUT2D eigenvalue weighted by molar-refractivity contribution is -0.134. The van der Waals surface area contributed by atoms with E-state index in [-0.39, 0.29) is 17.9 Å². The highest BCUT2D eigenvalue weighted by Gasteiger charge is 2.50. The van der Waals surface area contributed by atoms with Gasteiger partial charge in [0.25, 0.3) is 5.91 Å². The normalized spacial score (nSPS) is 28.1. The zero-order valence-corrected chi connectivity index (χ0v) is 17.1. The number of carbonyl (C=O) groups excluding carboxylic acids is 1. The number of halogens is 2. The van der Waals surface area contributed by atoms with Crippen molar-refractivity contribution in [3.05, 3.63) is 27.2 Å². The van der Waals surface area contributed by atoms with E-state index in [1.54, 1.807) is 6.07 Å². The lowest BCUT2D eigenvalue weighted by Crippen LogP contribution is -2.40. The summed E-state index contributed by atoms with van der Waals surface area (Å²) in [5.41, 5.74) is 1.47. The van der Waals surface area contributed by atoms with Crippen molar-refractivity contribution in [2.75, 3.05) is 13.2 Å². The number of amides is 1. The Balaban J connectivity index is 1.69. The van der Waals surface area contributed by atoms with E-state index in [0.29, 0.717) is 22.2 Å². The van der Waals surface area contributed by atoms with Crippen LogP contribution < -0.4 is 4.74 Å². The molecule has 0 unspecified atom stereocenters. The first kappa shape index (κ1) is 18.1. The Labute approximate surface area is 157 Å². The molecule has 5 heteroatoms. The van der Waals surface area contributed by atoms with Crippen LogP contribution in [0, 0.1) is 17.8 Å². The molecule has 0 N–H and O–H groups in total. The molecule has 132 valence electrons. The van der Waals surface area contributed by atoms with Crippen molar-refractivity contribution >= 4 is 33.4 Å². The summed E-state index contributed by atoms with van der Waals surface area (Å²) in [6, 6.07) is 4.08. The van der Waals surface area contributed by atoms with Crippen molar-refractivity contribution in [1.29, 1.82) is 0 Å². The molecule has 0 spiro atoms. The number of rotatable bonds is 3. The van der Waals surface area contributed by atoms with Crippen molar-refractivity contribution in [3.8, 4) is 5.75 Å². The quantitative estimate of drug-likeness (QED) is 0.679. The number of carbonyl (C=O) groups is 1. The second kappa shape index (κ2) is 6.21. The lowest BCUT2D eigenvalue weighted by Gasteiger charge is -2.39. The van der Waals surface area contributed by atoms with Crippen molar-refractivity contribution in [3.63, 3.8) is 0 Å². The molecule has 1 saturated carbocycles. The molecule has 1 aliphatic carbocycles. The van der Waals surface area contributed by atoms with Gasteiger partial charge in [-0.05, 0) is 54.7 Å². The van der Waals surface area contributed by atoms with Gasteiger partial charge >= 0.3 is 0 Å². The maximum absolute atomic E-state index is 12.8.